The van der Waals surface area contributed by atoms with Crippen molar-refractivity contribution in [1.29, 1.82) is 0 Å². The summed E-state index contributed by atoms with van der Waals surface area (Å²) in [6.45, 7) is 0. The lowest BCUT2D eigenvalue weighted by Gasteiger charge is -2.25. The Bertz CT molecular complexity index is 667. The van der Waals surface area contributed by atoms with Crippen molar-refractivity contribution in [2.45, 2.75) is 44.2 Å². The predicted octanol–water partition coefficient (Wildman–Crippen LogP) is 3.49. The molecule has 1 fully saturated rings. The van der Waals surface area contributed by atoms with Gasteiger partial charge in [-0.15, -0.1) is 11.3 Å². The first-order valence-electron chi connectivity index (χ1n) is 8.20. The van der Waals surface area contributed by atoms with Crippen LogP contribution in [-0.4, -0.2) is 22.9 Å². The normalized spacial score (nSPS) is 16.3. The Morgan fingerprint density at radius 3 is 2.67 bits per heavy atom. The van der Waals surface area contributed by atoms with E-state index in [4.69, 9.17) is 4.74 Å². The molecule has 0 aliphatic heterocycles. The number of thiophene rings is 1. The lowest BCUT2D eigenvalue weighted by molar-refractivity contribution is -0.131. The monoisotopic (exact) mass is 344 g/mol. The van der Waals surface area contributed by atoms with E-state index in [2.05, 4.69) is 10.3 Å². The molecule has 5 nitrogen and oxygen atoms in total. The molecule has 2 aromatic rings. The molecule has 1 amide bonds. The second-order valence-corrected chi connectivity index (χ2v) is 6.81. The molecule has 126 valence electrons. The van der Waals surface area contributed by atoms with Crippen molar-refractivity contribution in [3.05, 3.63) is 52.5 Å². The van der Waals surface area contributed by atoms with Crippen LogP contribution in [0.3, 0.4) is 0 Å². The van der Waals surface area contributed by atoms with Crippen LogP contribution in [-0.2, 0) is 9.53 Å². The fourth-order valence-electron chi connectivity index (χ4n) is 2.86. The summed E-state index contributed by atoms with van der Waals surface area (Å²) in [6, 6.07) is 8.86. The molecule has 3 rings (SSSR count). The van der Waals surface area contributed by atoms with Gasteiger partial charge in [-0.25, -0.2) is 4.79 Å². The van der Waals surface area contributed by atoms with Crippen molar-refractivity contribution in [3.8, 4) is 0 Å². The largest absolute Gasteiger partial charge is 0.441 e. The van der Waals surface area contributed by atoms with Gasteiger partial charge in [0.1, 0.15) is 4.88 Å². The maximum absolute atomic E-state index is 12.7. The molecular formula is C18H20N2O3S. The zero-order valence-corrected chi connectivity index (χ0v) is 14.1. The van der Waals surface area contributed by atoms with E-state index in [0.29, 0.717) is 10.6 Å². The summed E-state index contributed by atoms with van der Waals surface area (Å²) in [7, 11) is 0. The highest BCUT2D eigenvalue weighted by atomic mass is 32.1. The summed E-state index contributed by atoms with van der Waals surface area (Å²) in [6.07, 6.45) is 5.96. The van der Waals surface area contributed by atoms with Gasteiger partial charge in [0.15, 0.2) is 0 Å². The third-order valence-electron chi connectivity index (χ3n) is 4.09. The van der Waals surface area contributed by atoms with Gasteiger partial charge in [-0.3, -0.25) is 9.78 Å². The summed E-state index contributed by atoms with van der Waals surface area (Å²) < 4.78 is 5.48. The minimum Gasteiger partial charge on any atom is -0.441 e. The standard InChI is InChI=1S/C18H20N2O3S/c21-17(20-13-7-2-1-3-8-13)16(14-9-4-5-11-19-14)23-18(22)15-10-6-12-24-15/h4-6,9-13,16H,1-3,7-8H2,(H,20,21)/t16-/m1/s1. The lowest BCUT2D eigenvalue weighted by atomic mass is 9.95. The van der Waals surface area contributed by atoms with Gasteiger partial charge in [-0.05, 0) is 36.4 Å². The summed E-state index contributed by atoms with van der Waals surface area (Å²) in [5.74, 6) is -0.801. The van der Waals surface area contributed by atoms with E-state index in [9.17, 15) is 9.59 Å². The molecule has 0 radical (unpaired) electrons. The van der Waals surface area contributed by atoms with Crippen LogP contribution in [0.4, 0.5) is 0 Å². The fraction of sp³-hybridized carbons (Fsp3) is 0.389. The first kappa shape index (κ1) is 16.6. The molecule has 2 heterocycles. The SMILES string of the molecule is O=C(O[C@@H](C(=O)NC1CCCCC1)c1ccccn1)c1cccs1. The highest BCUT2D eigenvalue weighted by Crippen LogP contribution is 2.22. The van der Waals surface area contributed by atoms with Crippen molar-refractivity contribution in [3.63, 3.8) is 0 Å². The number of amides is 1. The third-order valence-corrected chi connectivity index (χ3v) is 4.94. The van der Waals surface area contributed by atoms with Crippen molar-refractivity contribution in [2.75, 3.05) is 0 Å². The average Bonchev–Trinajstić information content (AvgIpc) is 3.16. The van der Waals surface area contributed by atoms with Gasteiger partial charge in [0.25, 0.3) is 5.91 Å². The quantitative estimate of drug-likeness (QED) is 0.843. The number of hydrogen-bond acceptors (Lipinski definition) is 5. The van der Waals surface area contributed by atoms with Gasteiger partial charge in [0, 0.05) is 12.2 Å². The van der Waals surface area contributed by atoms with Crippen LogP contribution in [0.15, 0.2) is 41.9 Å². The number of esters is 1. The summed E-state index contributed by atoms with van der Waals surface area (Å²) in [4.78, 5) is 29.6. The van der Waals surface area contributed by atoms with Crippen LogP contribution in [0.1, 0.15) is 53.6 Å². The second-order valence-electron chi connectivity index (χ2n) is 5.86. The number of carbonyl (C=O) groups excluding carboxylic acids is 2. The lowest BCUT2D eigenvalue weighted by Crippen LogP contribution is -2.40. The zero-order chi connectivity index (χ0) is 16.8. The van der Waals surface area contributed by atoms with E-state index >= 15 is 0 Å². The number of nitrogens with one attached hydrogen (secondary N) is 1. The van der Waals surface area contributed by atoms with E-state index < -0.39 is 12.1 Å². The molecule has 1 N–H and O–H groups in total. The van der Waals surface area contributed by atoms with E-state index in [1.807, 2.05) is 0 Å². The summed E-state index contributed by atoms with van der Waals surface area (Å²) in [5.41, 5.74) is 0.440. The molecule has 0 unspecified atom stereocenters. The Labute approximate surface area is 145 Å². The molecule has 0 spiro atoms. The summed E-state index contributed by atoms with van der Waals surface area (Å²) in [5, 5.41) is 4.82. The number of rotatable bonds is 5. The van der Waals surface area contributed by atoms with Crippen LogP contribution < -0.4 is 5.32 Å². The molecule has 1 atom stereocenters. The van der Waals surface area contributed by atoms with Crippen LogP contribution in [0, 0.1) is 0 Å². The Morgan fingerprint density at radius 2 is 2.00 bits per heavy atom. The van der Waals surface area contributed by atoms with E-state index in [0.717, 1.165) is 25.7 Å². The number of aromatic nitrogens is 1. The number of carbonyl (C=O) groups is 2. The maximum Gasteiger partial charge on any atom is 0.349 e. The van der Waals surface area contributed by atoms with Gasteiger partial charge in [-0.2, -0.15) is 0 Å². The number of pyridine rings is 1. The van der Waals surface area contributed by atoms with Crippen molar-refractivity contribution >= 4 is 23.2 Å². The Hall–Kier alpha value is -2.21. The van der Waals surface area contributed by atoms with E-state index in [1.165, 1.54) is 17.8 Å². The number of ether oxygens (including phenoxy) is 1. The van der Waals surface area contributed by atoms with Gasteiger partial charge >= 0.3 is 5.97 Å². The summed E-state index contributed by atoms with van der Waals surface area (Å²) >= 11 is 1.29. The average molecular weight is 344 g/mol. The van der Waals surface area contributed by atoms with Gasteiger partial charge in [0.05, 0.1) is 5.69 Å². The van der Waals surface area contributed by atoms with Crippen LogP contribution >= 0.6 is 11.3 Å². The molecular weight excluding hydrogens is 324 g/mol. The second kappa shape index (κ2) is 8.06. The van der Waals surface area contributed by atoms with Crippen molar-refractivity contribution in [1.82, 2.24) is 10.3 Å². The highest BCUT2D eigenvalue weighted by Gasteiger charge is 2.29. The number of hydrogen-bond donors (Lipinski definition) is 1. The molecule has 2 aromatic heterocycles. The minimum atomic E-state index is -1.03. The third kappa shape index (κ3) is 4.20. The van der Waals surface area contributed by atoms with Crippen LogP contribution in [0.5, 0.6) is 0 Å². The molecule has 0 saturated heterocycles. The van der Waals surface area contributed by atoms with E-state index in [1.54, 1.807) is 41.9 Å². The molecule has 1 aliphatic rings. The fourth-order valence-corrected chi connectivity index (χ4v) is 3.47. The first-order valence-corrected chi connectivity index (χ1v) is 9.08. The van der Waals surface area contributed by atoms with Crippen LogP contribution in [0.25, 0.3) is 0 Å². The Kier molecular flexibility index (Phi) is 5.59. The molecule has 1 aliphatic carbocycles. The zero-order valence-electron chi connectivity index (χ0n) is 13.3. The molecule has 24 heavy (non-hydrogen) atoms. The molecule has 0 bridgehead atoms. The van der Waals surface area contributed by atoms with Gasteiger partial charge in [-0.1, -0.05) is 31.4 Å². The first-order chi connectivity index (χ1) is 11.7. The Balaban J connectivity index is 1.74. The van der Waals surface area contributed by atoms with Crippen molar-refractivity contribution in [2.24, 2.45) is 0 Å². The minimum absolute atomic E-state index is 0.151. The predicted molar refractivity (Wildman–Crippen MR) is 91.7 cm³/mol. The van der Waals surface area contributed by atoms with Crippen molar-refractivity contribution < 1.29 is 14.3 Å². The van der Waals surface area contributed by atoms with Gasteiger partial charge < -0.3 is 10.1 Å². The highest BCUT2D eigenvalue weighted by molar-refractivity contribution is 7.11. The van der Waals surface area contributed by atoms with Crippen LogP contribution in [0.2, 0.25) is 0 Å². The number of nitrogens with zero attached hydrogens (tertiary/aromatic N) is 1. The molecule has 0 aromatic carbocycles. The van der Waals surface area contributed by atoms with Gasteiger partial charge in [0.2, 0.25) is 6.10 Å². The smallest absolute Gasteiger partial charge is 0.349 e. The Morgan fingerprint density at radius 1 is 1.17 bits per heavy atom. The molecule has 1 saturated carbocycles. The molecule has 6 heteroatoms. The maximum atomic E-state index is 12.7. The topological polar surface area (TPSA) is 68.3 Å². The van der Waals surface area contributed by atoms with E-state index in [-0.39, 0.29) is 11.9 Å².